The lowest BCUT2D eigenvalue weighted by Gasteiger charge is -2.19. The number of anilines is 1. The molecule has 0 saturated carbocycles. The van der Waals surface area contributed by atoms with E-state index in [9.17, 15) is 10.4 Å². The maximum Gasteiger partial charge on any atom is 0.203 e. The van der Waals surface area contributed by atoms with Gasteiger partial charge >= 0.3 is 0 Å². The molecule has 0 unspecified atom stereocenters. The van der Waals surface area contributed by atoms with Crippen LogP contribution in [0.3, 0.4) is 0 Å². The number of hydrogen-bond acceptors (Lipinski definition) is 9. The fourth-order valence-corrected chi connectivity index (χ4v) is 4.07. The summed E-state index contributed by atoms with van der Waals surface area (Å²) < 4.78 is 16.3. The Morgan fingerprint density at radius 2 is 1.79 bits per heavy atom. The largest absolute Gasteiger partial charge is 0.493 e. The molecule has 0 amide bonds. The van der Waals surface area contributed by atoms with Crippen LogP contribution in [0.25, 0.3) is 21.6 Å². The number of aromatic nitrogens is 2. The topological polar surface area (TPSA) is 101 Å². The first-order valence-corrected chi connectivity index (χ1v) is 9.64. The minimum Gasteiger partial charge on any atom is -0.493 e. The number of methoxy groups -OCH3 is 3. The zero-order valence-corrected chi connectivity index (χ0v) is 17.8. The van der Waals surface area contributed by atoms with E-state index >= 15 is 0 Å². The van der Waals surface area contributed by atoms with Crippen molar-refractivity contribution in [3.05, 3.63) is 22.6 Å². The molecule has 1 aromatic carbocycles. The van der Waals surface area contributed by atoms with E-state index in [-0.39, 0.29) is 6.61 Å². The molecule has 0 aliphatic carbocycles. The van der Waals surface area contributed by atoms with Gasteiger partial charge in [0, 0.05) is 19.2 Å². The Morgan fingerprint density at radius 3 is 2.31 bits per heavy atom. The maximum absolute atomic E-state index is 9.44. The van der Waals surface area contributed by atoms with Crippen molar-refractivity contribution < 1.29 is 19.3 Å². The van der Waals surface area contributed by atoms with Crippen molar-refractivity contribution in [3.63, 3.8) is 0 Å². The minimum absolute atomic E-state index is 0.0181. The number of rotatable bonds is 7. The summed E-state index contributed by atoms with van der Waals surface area (Å²) in [6.07, 6.45) is 0. The summed E-state index contributed by atoms with van der Waals surface area (Å²) >= 11 is 1.32. The molecule has 0 saturated heterocycles. The average Bonchev–Trinajstić information content (AvgIpc) is 3.07. The van der Waals surface area contributed by atoms with Gasteiger partial charge in [-0.15, -0.1) is 11.3 Å². The molecule has 29 heavy (non-hydrogen) atoms. The fraction of sp³-hybridized carbons (Fsp3) is 0.350. The summed E-state index contributed by atoms with van der Waals surface area (Å²) in [6.45, 7) is 2.27. The van der Waals surface area contributed by atoms with E-state index in [0.717, 1.165) is 10.9 Å². The Hall–Kier alpha value is -3.09. The second kappa shape index (κ2) is 8.51. The molecule has 8 nitrogen and oxygen atoms in total. The molecule has 1 N–H and O–H groups in total. The van der Waals surface area contributed by atoms with Crippen LogP contribution in [-0.4, -0.2) is 56.6 Å². The third-order valence-corrected chi connectivity index (χ3v) is 5.68. The van der Waals surface area contributed by atoms with Crippen molar-refractivity contribution in [2.45, 2.75) is 6.92 Å². The van der Waals surface area contributed by atoms with Crippen molar-refractivity contribution in [1.82, 2.24) is 9.97 Å². The average molecular weight is 414 g/mol. The van der Waals surface area contributed by atoms with E-state index < -0.39 is 0 Å². The highest BCUT2D eigenvalue weighted by Crippen LogP contribution is 2.42. The van der Waals surface area contributed by atoms with Crippen LogP contribution in [0.15, 0.2) is 12.1 Å². The second-order valence-electron chi connectivity index (χ2n) is 6.28. The lowest BCUT2D eigenvalue weighted by atomic mass is 10.1. The van der Waals surface area contributed by atoms with Crippen molar-refractivity contribution in [2.24, 2.45) is 0 Å². The minimum atomic E-state index is -0.0181. The third kappa shape index (κ3) is 3.64. The van der Waals surface area contributed by atoms with Crippen LogP contribution in [0.4, 0.5) is 5.82 Å². The molecule has 3 aromatic rings. The van der Waals surface area contributed by atoms with Crippen LogP contribution in [0, 0.1) is 18.3 Å². The van der Waals surface area contributed by atoms with Crippen LogP contribution in [0.5, 0.6) is 17.2 Å². The summed E-state index contributed by atoms with van der Waals surface area (Å²) in [4.78, 5) is 12.6. The number of aliphatic hydroxyl groups excluding tert-OH is 1. The van der Waals surface area contributed by atoms with Crippen LogP contribution >= 0.6 is 11.3 Å². The van der Waals surface area contributed by atoms with Crippen molar-refractivity contribution in [3.8, 4) is 34.7 Å². The molecule has 0 fully saturated rings. The van der Waals surface area contributed by atoms with Crippen molar-refractivity contribution >= 4 is 27.4 Å². The lowest BCUT2D eigenvalue weighted by molar-refractivity contribution is 0.304. The number of nitrogens with zero attached hydrogens (tertiary/aromatic N) is 4. The van der Waals surface area contributed by atoms with Crippen LogP contribution in [0.2, 0.25) is 0 Å². The quantitative estimate of drug-likeness (QED) is 0.630. The van der Waals surface area contributed by atoms with E-state index in [2.05, 4.69) is 6.07 Å². The molecule has 0 atom stereocenters. The Kier molecular flexibility index (Phi) is 6.06. The zero-order valence-electron chi connectivity index (χ0n) is 16.9. The first kappa shape index (κ1) is 20.6. The summed E-state index contributed by atoms with van der Waals surface area (Å²) in [7, 11) is 6.49. The number of hydrogen-bond donors (Lipinski definition) is 1. The predicted octanol–water partition coefficient (Wildman–Crippen LogP) is 2.99. The molecule has 3 rings (SSSR count). The Morgan fingerprint density at radius 1 is 1.14 bits per heavy atom. The molecule has 0 bridgehead atoms. The van der Waals surface area contributed by atoms with Crippen molar-refractivity contribution in [2.75, 3.05) is 46.4 Å². The molecule has 0 aliphatic heterocycles. The smallest absolute Gasteiger partial charge is 0.203 e. The normalized spacial score (nSPS) is 10.7. The number of likely N-dealkylation sites (N-methyl/N-ethyl adjacent to an activating group) is 1. The number of ether oxygens (including phenoxy) is 3. The van der Waals surface area contributed by atoms with Gasteiger partial charge in [-0.05, 0) is 24.6 Å². The Balaban J connectivity index is 2.29. The molecule has 2 aromatic heterocycles. The molecule has 2 heterocycles. The Bertz CT molecular complexity index is 1070. The maximum atomic E-state index is 9.44. The van der Waals surface area contributed by atoms with Crippen molar-refractivity contribution in [1.29, 1.82) is 5.26 Å². The van der Waals surface area contributed by atoms with Gasteiger partial charge in [0.1, 0.15) is 21.6 Å². The van der Waals surface area contributed by atoms with E-state index in [1.54, 1.807) is 33.5 Å². The van der Waals surface area contributed by atoms with E-state index in [1.807, 2.05) is 18.9 Å². The number of aryl methyl sites for hydroxylation is 1. The standard InChI is InChI=1S/C20H22N4O4S/c1-11-15(10-21)29-20-16(11)19(24(2)6-7-25)22-18(23-20)12-8-13(26-3)17(28-5)14(9-12)27-4/h8-9,25H,6-7H2,1-5H3. The molecule has 0 spiro atoms. The van der Waals surface area contributed by atoms with Crippen LogP contribution in [0.1, 0.15) is 10.4 Å². The Labute approximate surface area is 172 Å². The number of benzene rings is 1. The molecule has 9 heteroatoms. The summed E-state index contributed by atoms with van der Waals surface area (Å²) in [5.74, 6) is 2.59. The highest BCUT2D eigenvalue weighted by Gasteiger charge is 2.21. The van der Waals surface area contributed by atoms with Gasteiger partial charge in [-0.3, -0.25) is 0 Å². The highest BCUT2D eigenvalue weighted by atomic mass is 32.1. The third-order valence-electron chi connectivity index (χ3n) is 4.59. The molecule has 0 aliphatic rings. The number of thiophene rings is 1. The first-order valence-electron chi connectivity index (χ1n) is 8.82. The van der Waals surface area contributed by atoms with Gasteiger partial charge in [0.25, 0.3) is 0 Å². The fourth-order valence-electron chi connectivity index (χ4n) is 3.10. The first-order chi connectivity index (χ1) is 14.0. The molecular weight excluding hydrogens is 392 g/mol. The zero-order chi connectivity index (χ0) is 21.1. The van der Waals surface area contributed by atoms with Gasteiger partial charge in [0.05, 0.1) is 33.3 Å². The van der Waals surface area contributed by atoms with E-state index in [1.165, 1.54) is 11.3 Å². The van der Waals surface area contributed by atoms with Gasteiger partial charge in [-0.1, -0.05) is 0 Å². The van der Waals surface area contributed by atoms with Gasteiger partial charge in [0.2, 0.25) is 5.75 Å². The van der Waals surface area contributed by atoms with Crippen LogP contribution in [-0.2, 0) is 0 Å². The van der Waals surface area contributed by atoms with E-state index in [4.69, 9.17) is 24.2 Å². The molecule has 152 valence electrons. The summed E-state index contributed by atoms with van der Waals surface area (Å²) in [6, 6.07) is 5.78. The molecule has 0 radical (unpaired) electrons. The predicted molar refractivity (Wildman–Crippen MR) is 112 cm³/mol. The lowest BCUT2D eigenvalue weighted by Crippen LogP contribution is -2.23. The summed E-state index contributed by atoms with van der Waals surface area (Å²) in [5.41, 5.74) is 1.52. The number of aliphatic hydroxyl groups is 1. The van der Waals surface area contributed by atoms with Crippen LogP contribution < -0.4 is 19.1 Å². The second-order valence-corrected chi connectivity index (χ2v) is 7.28. The van der Waals surface area contributed by atoms with Gasteiger partial charge in [-0.25, -0.2) is 9.97 Å². The van der Waals surface area contributed by atoms with Gasteiger partial charge in [-0.2, -0.15) is 5.26 Å². The summed E-state index contributed by atoms with van der Waals surface area (Å²) in [5, 5.41) is 19.7. The molecular formula is C20H22N4O4S. The van der Waals surface area contributed by atoms with E-state index in [0.29, 0.717) is 50.7 Å². The van der Waals surface area contributed by atoms with Gasteiger partial charge < -0.3 is 24.2 Å². The SMILES string of the molecule is COc1cc(-c2nc(N(C)CCO)c3c(C)c(C#N)sc3n2)cc(OC)c1OC. The number of fused-ring (bicyclic) bond motifs is 1. The number of nitriles is 1. The monoisotopic (exact) mass is 414 g/mol. The highest BCUT2D eigenvalue weighted by molar-refractivity contribution is 7.19. The van der Waals surface area contributed by atoms with Gasteiger partial charge in [0.15, 0.2) is 17.3 Å².